The van der Waals surface area contributed by atoms with Crippen molar-refractivity contribution in [3.8, 4) is 0 Å². The van der Waals surface area contributed by atoms with Gasteiger partial charge in [-0.25, -0.2) is 9.97 Å². The maximum atomic E-state index is 10.9. The smallest absolute Gasteiger partial charge is 0.307 e. The lowest BCUT2D eigenvalue weighted by Gasteiger charge is -2.09. The van der Waals surface area contributed by atoms with E-state index in [0.717, 1.165) is 0 Å². The van der Waals surface area contributed by atoms with E-state index in [9.17, 15) is 4.79 Å². The number of nitrogens with two attached hydrogens (primary N) is 1. The van der Waals surface area contributed by atoms with Gasteiger partial charge < -0.3 is 10.5 Å². The minimum atomic E-state index is -0.427. The SMILES string of the molecule is COC(=O)CC(N)c1ccnc(C)n1. The van der Waals surface area contributed by atoms with Gasteiger partial charge in [-0.3, -0.25) is 4.79 Å². The fraction of sp³-hybridized carbons (Fsp3) is 0.444. The Labute approximate surface area is 82.3 Å². The molecule has 0 aromatic carbocycles. The van der Waals surface area contributed by atoms with E-state index >= 15 is 0 Å². The van der Waals surface area contributed by atoms with Crippen LogP contribution in [-0.4, -0.2) is 23.0 Å². The predicted molar refractivity (Wildman–Crippen MR) is 50.3 cm³/mol. The molecule has 14 heavy (non-hydrogen) atoms. The molecule has 1 aromatic rings. The summed E-state index contributed by atoms with van der Waals surface area (Å²) in [6, 6.07) is 1.27. The molecule has 0 aliphatic carbocycles. The third kappa shape index (κ3) is 2.77. The van der Waals surface area contributed by atoms with Gasteiger partial charge in [-0.2, -0.15) is 0 Å². The normalized spacial score (nSPS) is 12.2. The Morgan fingerprint density at radius 3 is 3.00 bits per heavy atom. The number of hydrogen-bond acceptors (Lipinski definition) is 5. The van der Waals surface area contributed by atoms with Gasteiger partial charge in [-0.05, 0) is 13.0 Å². The van der Waals surface area contributed by atoms with Crippen LogP contribution in [0.5, 0.6) is 0 Å². The molecule has 1 rings (SSSR count). The minimum Gasteiger partial charge on any atom is -0.469 e. The van der Waals surface area contributed by atoms with Crippen LogP contribution in [0.15, 0.2) is 12.3 Å². The van der Waals surface area contributed by atoms with Gasteiger partial charge in [0.05, 0.1) is 25.3 Å². The van der Waals surface area contributed by atoms with Crippen LogP contribution in [0, 0.1) is 6.92 Å². The Balaban J connectivity index is 2.69. The molecule has 76 valence electrons. The Morgan fingerprint density at radius 2 is 2.43 bits per heavy atom. The van der Waals surface area contributed by atoms with Gasteiger partial charge in [-0.1, -0.05) is 0 Å². The van der Waals surface area contributed by atoms with Crippen LogP contribution in [0.25, 0.3) is 0 Å². The number of methoxy groups -OCH3 is 1. The summed E-state index contributed by atoms with van der Waals surface area (Å²) in [7, 11) is 1.33. The maximum Gasteiger partial charge on any atom is 0.307 e. The topological polar surface area (TPSA) is 78.1 Å². The summed E-state index contributed by atoms with van der Waals surface area (Å²) in [6.07, 6.45) is 1.75. The summed E-state index contributed by atoms with van der Waals surface area (Å²) in [6.45, 7) is 1.77. The highest BCUT2D eigenvalue weighted by Gasteiger charge is 2.12. The van der Waals surface area contributed by atoms with Crippen molar-refractivity contribution >= 4 is 5.97 Å². The van der Waals surface area contributed by atoms with Gasteiger partial charge in [0.15, 0.2) is 0 Å². The Hall–Kier alpha value is -1.49. The summed E-state index contributed by atoms with van der Waals surface area (Å²) < 4.78 is 4.51. The number of aromatic nitrogens is 2. The van der Waals surface area contributed by atoms with Crippen LogP contribution in [-0.2, 0) is 9.53 Å². The standard InChI is InChI=1S/C9H13N3O2/c1-6-11-4-3-8(12-6)7(10)5-9(13)14-2/h3-4,7H,5,10H2,1-2H3. The second-order valence-corrected chi connectivity index (χ2v) is 2.92. The average Bonchev–Trinajstić information content (AvgIpc) is 2.17. The van der Waals surface area contributed by atoms with Crippen LogP contribution in [0.4, 0.5) is 0 Å². The molecule has 1 aromatic heterocycles. The third-order valence-corrected chi connectivity index (χ3v) is 1.79. The van der Waals surface area contributed by atoms with Crippen molar-refractivity contribution in [2.75, 3.05) is 7.11 Å². The molecule has 0 spiro atoms. The monoisotopic (exact) mass is 195 g/mol. The second-order valence-electron chi connectivity index (χ2n) is 2.92. The molecular formula is C9H13N3O2. The predicted octanol–water partition coefficient (Wildman–Crippen LogP) is 0.348. The minimum absolute atomic E-state index is 0.132. The van der Waals surface area contributed by atoms with Gasteiger partial charge >= 0.3 is 5.97 Å². The van der Waals surface area contributed by atoms with Crippen LogP contribution in [0.2, 0.25) is 0 Å². The molecule has 0 saturated heterocycles. The number of carbonyl (C=O) groups excluding carboxylic acids is 1. The highest BCUT2D eigenvalue weighted by atomic mass is 16.5. The van der Waals surface area contributed by atoms with Crippen LogP contribution in [0.1, 0.15) is 24.0 Å². The van der Waals surface area contributed by atoms with E-state index in [4.69, 9.17) is 5.73 Å². The van der Waals surface area contributed by atoms with Crippen LogP contribution < -0.4 is 5.73 Å². The van der Waals surface area contributed by atoms with E-state index < -0.39 is 6.04 Å². The van der Waals surface area contributed by atoms with Crippen LogP contribution >= 0.6 is 0 Å². The van der Waals surface area contributed by atoms with Gasteiger partial charge in [0.2, 0.25) is 0 Å². The number of carbonyl (C=O) groups is 1. The fourth-order valence-electron chi connectivity index (χ4n) is 1.05. The number of aryl methyl sites for hydroxylation is 1. The summed E-state index contributed by atoms with van der Waals surface area (Å²) >= 11 is 0. The maximum absolute atomic E-state index is 10.9. The molecular weight excluding hydrogens is 182 g/mol. The molecule has 1 unspecified atom stereocenters. The lowest BCUT2D eigenvalue weighted by Crippen LogP contribution is -2.17. The average molecular weight is 195 g/mol. The molecule has 1 heterocycles. The molecule has 0 amide bonds. The highest BCUT2D eigenvalue weighted by molar-refractivity contribution is 5.70. The Kier molecular flexibility index (Phi) is 3.53. The Bertz CT molecular complexity index is 328. The lowest BCUT2D eigenvalue weighted by molar-refractivity contribution is -0.141. The molecule has 0 radical (unpaired) electrons. The van der Waals surface area contributed by atoms with E-state index in [2.05, 4.69) is 14.7 Å². The summed E-state index contributed by atoms with van der Waals surface area (Å²) in [5.41, 5.74) is 6.40. The number of ether oxygens (including phenoxy) is 1. The molecule has 0 fully saturated rings. The van der Waals surface area contributed by atoms with Crippen molar-refractivity contribution in [2.45, 2.75) is 19.4 Å². The fourth-order valence-corrected chi connectivity index (χ4v) is 1.05. The number of esters is 1. The first-order valence-corrected chi connectivity index (χ1v) is 4.25. The zero-order valence-electron chi connectivity index (χ0n) is 8.23. The van der Waals surface area contributed by atoms with E-state index in [1.54, 1.807) is 19.2 Å². The van der Waals surface area contributed by atoms with E-state index in [1.165, 1.54) is 7.11 Å². The highest BCUT2D eigenvalue weighted by Crippen LogP contribution is 2.10. The van der Waals surface area contributed by atoms with Crippen molar-refractivity contribution < 1.29 is 9.53 Å². The van der Waals surface area contributed by atoms with Crippen molar-refractivity contribution in [2.24, 2.45) is 5.73 Å². The van der Waals surface area contributed by atoms with E-state index in [-0.39, 0.29) is 12.4 Å². The molecule has 1 atom stereocenters. The van der Waals surface area contributed by atoms with Gasteiger partial charge in [-0.15, -0.1) is 0 Å². The van der Waals surface area contributed by atoms with Gasteiger partial charge in [0.25, 0.3) is 0 Å². The van der Waals surface area contributed by atoms with Crippen molar-refractivity contribution in [1.82, 2.24) is 9.97 Å². The van der Waals surface area contributed by atoms with E-state index in [1.807, 2.05) is 0 Å². The lowest BCUT2D eigenvalue weighted by atomic mass is 10.1. The first-order chi connectivity index (χ1) is 6.63. The van der Waals surface area contributed by atoms with Crippen molar-refractivity contribution in [3.63, 3.8) is 0 Å². The summed E-state index contributed by atoms with van der Waals surface area (Å²) in [5, 5.41) is 0. The van der Waals surface area contributed by atoms with Gasteiger partial charge in [0, 0.05) is 6.20 Å². The molecule has 0 saturated carbocycles. The quantitative estimate of drug-likeness (QED) is 0.704. The molecule has 2 N–H and O–H groups in total. The van der Waals surface area contributed by atoms with Crippen LogP contribution in [0.3, 0.4) is 0 Å². The number of hydrogen-bond donors (Lipinski definition) is 1. The zero-order chi connectivity index (χ0) is 10.6. The third-order valence-electron chi connectivity index (χ3n) is 1.79. The molecule has 0 bridgehead atoms. The molecule has 5 heteroatoms. The summed E-state index contributed by atoms with van der Waals surface area (Å²) in [5.74, 6) is 0.302. The molecule has 5 nitrogen and oxygen atoms in total. The second kappa shape index (κ2) is 4.66. The van der Waals surface area contributed by atoms with Crippen molar-refractivity contribution in [1.29, 1.82) is 0 Å². The molecule has 0 aliphatic rings. The van der Waals surface area contributed by atoms with E-state index in [0.29, 0.717) is 11.5 Å². The number of nitrogens with zero attached hydrogens (tertiary/aromatic N) is 2. The summed E-state index contributed by atoms with van der Waals surface area (Å²) in [4.78, 5) is 19.0. The largest absolute Gasteiger partial charge is 0.469 e. The molecule has 0 aliphatic heterocycles. The Morgan fingerprint density at radius 1 is 1.71 bits per heavy atom. The van der Waals surface area contributed by atoms with Crippen molar-refractivity contribution in [3.05, 3.63) is 23.8 Å². The first-order valence-electron chi connectivity index (χ1n) is 4.25. The van der Waals surface area contributed by atoms with Gasteiger partial charge in [0.1, 0.15) is 5.82 Å². The first kappa shape index (κ1) is 10.6. The number of rotatable bonds is 3. The zero-order valence-corrected chi connectivity index (χ0v) is 8.23.